The van der Waals surface area contributed by atoms with Crippen molar-refractivity contribution >= 4 is 54.4 Å². The van der Waals surface area contributed by atoms with Gasteiger partial charge in [0.2, 0.25) is 0 Å². The minimum absolute atomic E-state index is 0.946. The van der Waals surface area contributed by atoms with Crippen molar-refractivity contribution in [3.8, 4) is 27.9 Å². The van der Waals surface area contributed by atoms with E-state index in [1.807, 2.05) is 0 Å². The van der Waals surface area contributed by atoms with Crippen molar-refractivity contribution in [3.63, 3.8) is 0 Å². The molecule has 2 aromatic heterocycles. The molecule has 200 valence electrons. The SMILES string of the molecule is c1ccc(-n2c3ccccc3c3cc(-c4ccc(-c5ccc6c(c5)c5ccccc5c5nccnc65)cc4)ccc32)cc1. The lowest BCUT2D eigenvalue weighted by Gasteiger charge is -2.11. The Balaban J connectivity index is 1.15. The first-order valence-electron chi connectivity index (χ1n) is 14.6. The minimum Gasteiger partial charge on any atom is -0.309 e. The molecular weight excluding hydrogens is 522 g/mol. The van der Waals surface area contributed by atoms with Crippen LogP contribution in [-0.4, -0.2) is 14.5 Å². The summed E-state index contributed by atoms with van der Waals surface area (Å²) in [5.74, 6) is 0. The summed E-state index contributed by atoms with van der Waals surface area (Å²) in [6.07, 6.45) is 3.55. The molecule has 9 rings (SSSR count). The molecule has 0 atom stereocenters. The fraction of sp³-hybridized carbons (Fsp3) is 0. The minimum atomic E-state index is 0.946. The lowest BCUT2D eigenvalue weighted by molar-refractivity contribution is 1.18. The molecule has 7 aromatic carbocycles. The Hall–Kier alpha value is -5.80. The molecule has 2 heterocycles. The number of fused-ring (bicyclic) bond motifs is 9. The summed E-state index contributed by atoms with van der Waals surface area (Å²) < 4.78 is 2.36. The molecule has 0 aliphatic heterocycles. The predicted molar refractivity (Wildman–Crippen MR) is 180 cm³/mol. The Morgan fingerprint density at radius 3 is 1.58 bits per heavy atom. The molecular formula is C40H25N3. The zero-order valence-corrected chi connectivity index (χ0v) is 23.3. The number of hydrogen-bond acceptors (Lipinski definition) is 2. The van der Waals surface area contributed by atoms with Gasteiger partial charge < -0.3 is 4.57 Å². The molecule has 43 heavy (non-hydrogen) atoms. The third-order valence-corrected chi connectivity index (χ3v) is 8.68. The standard InChI is InChI=1S/C40H25N3/c1-2-8-30(9-3-1)43-37-13-7-6-11-32(37)36-25-29(19-21-38(36)43)27-16-14-26(15-17-27)28-18-20-34-35(24-28)31-10-4-5-12-33(31)39-40(34)42-23-22-41-39/h1-25H. The molecule has 0 saturated heterocycles. The molecule has 0 spiro atoms. The molecule has 0 unspecified atom stereocenters. The van der Waals surface area contributed by atoms with E-state index in [4.69, 9.17) is 4.98 Å². The van der Waals surface area contributed by atoms with Crippen LogP contribution >= 0.6 is 0 Å². The van der Waals surface area contributed by atoms with Gasteiger partial charge in [0.05, 0.1) is 22.1 Å². The molecule has 3 heteroatoms. The maximum Gasteiger partial charge on any atom is 0.0971 e. The van der Waals surface area contributed by atoms with Crippen LogP contribution in [0.2, 0.25) is 0 Å². The van der Waals surface area contributed by atoms with Crippen LogP contribution in [0.4, 0.5) is 0 Å². The molecule has 0 radical (unpaired) electrons. The maximum atomic E-state index is 4.70. The van der Waals surface area contributed by atoms with Crippen LogP contribution in [0.5, 0.6) is 0 Å². The molecule has 0 aliphatic carbocycles. The van der Waals surface area contributed by atoms with E-state index in [1.54, 1.807) is 12.4 Å². The van der Waals surface area contributed by atoms with Crippen LogP contribution in [0, 0.1) is 0 Å². The molecule has 0 amide bonds. The van der Waals surface area contributed by atoms with Gasteiger partial charge in [-0.25, -0.2) is 0 Å². The van der Waals surface area contributed by atoms with Gasteiger partial charge in [0, 0.05) is 39.6 Å². The molecule has 0 bridgehead atoms. The van der Waals surface area contributed by atoms with Crippen molar-refractivity contribution in [2.45, 2.75) is 0 Å². The van der Waals surface area contributed by atoms with Gasteiger partial charge in [-0.15, -0.1) is 0 Å². The van der Waals surface area contributed by atoms with E-state index >= 15 is 0 Å². The first kappa shape index (κ1) is 23.9. The van der Waals surface area contributed by atoms with E-state index in [0.717, 1.165) is 21.8 Å². The summed E-state index contributed by atoms with van der Waals surface area (Å²) in [6, 6.07) is 50.2. The number of hydrogen-bond donors (Lipinski definition) is 0. The number of nitrogens with zero attached hydrogens (tertiary/aromatic N) is 3. The summed E-state index contributed by atoms with van der Waals surface area (Å²) in [6.45, 7) is 0. The van der Waals surface area contributed by atoms with Crippen molar-refractivity contribution in [2.75, 3.05) is 0 Å². The van der Waals surface area contributed by atoms with Crippen LogP contribution in [0.3, 0.4) is 0 Å². The topological polar surface area (TPSA) is 30.7 Å². The second-order valence-corrected chi connectivity index (χ2v) is 11.1. The van der Waals surface area contributed by atoms with Gasteiger partial charge in [-0.3, -0.25) is 9.97 Å². The quantitative estimate of drug-likeness (QED) is 0.206. The Morgan fingerprint density at radius 1 is 0.349 bits per heavy atom. The monoisotopic (exact) mass is 547 g/mol. The highest BCUT2D eigenvalue weighted by Gasteiger charge is 2.14. The van der Waals surface area contributed by atoms with Crippen molar-refractivity contribution in [1.29, 1.82) is 0 Å². The lowest BCUT2D eigenvalue weighted by atomic mass is 9.94. The highest BCUT2D eigenvalue weighted by molar-refractivity contribution is 6.23. The Bertz CT molecular complexity index is 2450. The summed E-state index contributed by atoms with van der Waals surface area (Å²) in [5, 5.41) is 7.19. The van der Waals surface area contributed by atoms with E-state index in [1.165, 1.54) is 60.5 Å². The van der Waals surface area contributed by atoms with Crippen molar-refractivity contribution in [1.82, 2.24) is 14.5 Å². The van der Waals surface area contributed by atoms with Gasteiger partial charge in [0.1, 0.15) is 0 Å². The van der Waals surface area contributed by atoms with Crippen LogP contribution in [0.25, 0.3) is 82.3 Å². The molecule has 3 nitrogen and oxygen atoms in total. The van der Waals surface area contributed by atoms with Crippen LogP contribution < -0.4 is 0 Å². The van der Waals surface area contributed by atoms with Crippen LogP contribution in [0.1, 0.15) is 0 Å². The van der Waals surface area contributed by atoms with E-state index in [0.29, 0.717) is 0 Å². The summed E-state index contributed by atoms with van der Waals surface area (Å²) in [7, 11) is 0. The number of para-hydroxylation sites is 2. The molecule has 9 aromatic rings. The predicted octanol–water partition coefficient (Wildman–Crippen LogP) is 10.4. The maximum absolute atomic E-state index is 4.70. The van der Waals surface area contributed by atoms with Crippen molar-refractivity contribution in [3.05, 3.63) is 152 Å². The molecule has 0 N–H and O–H groups in total. The Kier molecular flexibility index (Phi) is 5.20. The third kappa shape index (κ3) is 3.68. The van der Waals surface area contributed by atoms with Gasteiger partial charge in [-0.1, -0.05) is 103 Å². The lowest BCUT2D eigenvalue weighted by Crippen LogP contribution is -1.92. The summed E-state index contributed by atoms with van der Waals surface area (Å²) in [4.78, 5) is 9.37. The van der Waals surface area contributed by atoms with Crippen molar-refractivity contribution in [2.24, 2.45) is 0 Å². The first-order chi connectivity index (χ1) is 21.3. The van der Waals surface area contributed by atoms with Crippen LogP contribution in [-0.2, 0) is 0 Å². The summed E-state index contributed by atoms with van der Waals surface area (Å²) in [5.41, 5.74) is 10.3. The van der Waals surface area contributed by atoms with Gasteiger partial charge in [-0.05, 0) is 69.4 Å². The Labute approximate surface area is 248 Å². The second-order valence-electron chi connectivity index (χ2n) is 11.1. The Morgan fingerprint density at radius 2 is 0.860 bits per heavy atom. The van der Waals surface area contributed by atoms with E-state index in [2.05, 4.69) is 149 Å². The second kappa shape index (κ2) is 9.37. The number of aromatic nitrogens is 3. The van der Waals surface area contributed by atoms with Gasteiger partial charge in [0.25, 0.3) is 0 Å². The average molecular weight is 548 g/mol. The largest absolute Gasteiger partial charge is 0.309 e. The zero-order valence-electron chi connectivity index (χ0n) is 23.3. The van der Waals surface area contributed by atoms with E-state index in [9.17, 15) is 0 Å². The molecule has 0 saturated carbocycles. The highest BCUT2D eigenvalue weighted by Crippen LogP contribution is 2.37. The fourth-order valence-electron chi connectivity index (χ4n) is 6.67. The third-order valence-electron chi connectivity index (χ3n) is 8.68. The smallest absolute Gasteiger partial charge is 0.0971 e. The normalized spacial score (nSPS) is 11.7. The summed E-state index contributed by atoms with van der Waals surface area (Å²) >= 11 is 0. The number of benzene rings is 7. The highest BCUT2D eigenvalue weighted by atomic mass is 15.0. The molecule has 0 fully saturated rings. The number of rotatable bonds is 3. The van der Waals surface area contributed by atoms with Crippen molar-refractivity contribution < 1.29 is 0 Å². The fourth-order valence-corrected chi connectivity index (χ4v) is 6.67. The van der Waals surface area contributed by atoms with Gasteiger partial charge >= 0.3 is 0 Å². The zero-order chi connectivity index (χ0) is 28.3. The average Bonchev–Trinajstić information content (AvgIpc) is 3.42. The van der Waals surface area contributed by atoms with E-state index in [-0.39, 0.29) is 0 Å². The van der Waals surface area contributed by atoms with Gasteiger partial charge in [0.15, 0.2) is 0 Å². The molecule has 0 aliphatic rings. The van der Waals surface area contributed by atoms with E-state index < -0.39 is 0 Å². The van der Waals surface area contributed by atoms with Gasteiger partial charge in [-0.2, -0.15) is 0 Å². The van der Waals surface area contributed by atoms with Crippen LogP contribution in [0.15, 0.2) is 152 Å². The first-order valence-corrected chi connectivity index (χ1v) is 14.6.